The highest BCUT2D eigenvalue weighted by Gasteiger charge is 2.07. The highest BCUT2D eigenvalue weighted by atomic mass is 16.3. The van der Waals surface area contributed by atoms with Gasteiger partial charge in [0.15, 0.2) is 0 Å². The molecule has 0 fully saturated rings. The third kappa shape index (κ3) is 2.86. The number of aromatic nitrogens is 1. The van der Waals surface area contributed by atoms with Crippen LogP contribution in [0, 0.1) is 0 Å². The predicted molar refractivity (Wildman–Crippen MR) is 58.2 cm³/mol. The Morgan fingerprint density at radius 3 is 3.00 bits per heavy atom. The normalized spacial score (nSPS) is 13.1. The number of nitrogens with zero attached hydrogens (tertiary/aromatic N) is 1. The van der Waals surface area contributed by atoms with Crippen LogP contribution in [-0.4, -0.2) is 22.8 Å². The van der Waals surface area contributed by atoms with E-state index in [-0.39, 0.29) is 6.61 Å². The van der Waals surface area contributed by atoms with E-state index in [2.05, 4.69) is 42.1 Å². The van der Waals surface area contributed by atoms with E-state index in [0.717, 1.165) is 19.5 Å². The summed E-state index contributed by atoms with van der Waals surface area (Å²) in [4.78, 5) is 0. The Morgan fingerprint density at radius 2 is 2.36 bits per heavy atom. The lowest BCUT2D eigenvalue weighted by atomic mass is 10.2. The van der Waals surface area contributed by atoms with Crippen LogP contribution in [0.1, 0.15) is 32.0 Å². The van der Waals surface area contributed by atoms with Crippen molar-refractivity contribution in [3.63, 3.8) is 0 Å². The quantitative estimate of drug-likeness (QED) is 0.724. The summed E-state index contributed by atoms with van der Waals surface area (Å²) in [6, 6.07) is 4.57. The average molecular weight is 196 g/mol. The summed E-state index contributed by atoms with van der Waals surface area (Å²) < 4.78 is 2.20. The molecule has 0 spiro atoms. The zero-order valence-corrected chi connectivity index (χ0v) is 9.03. The van der Waals surface area contributed by atoms with Crippen LogP contribution in [0.4, 0.5) is 0 Å². The van der Waals surface area contributed by atoms with Gasteiger partial charge in [-0.1, -0.05) is 6.92 Å². The summed E-state index contributed by atoms with van der Waals surface area (Å²) in [5, 5.41) is 12.2. The van der Waals surface area contributed by atoms with Crippen LogP contribution in [0.5, 0.6) is 0 Å². The maximum atomic E-state index is 8.77. The van der Waals surface area contributed by atoms with Gasteiger partial charge in [0.2, 0.25) is 0 Å². The molecule has 0 aromatic carbocycles. The van der Waals surface area contributed by atoms with E-state index in [1.807, 2.05) is 0 Å². The largest absolute Gasteiger partial charge is 0.396 e. The molecule has 1 aromatic heterocycles. The van der Waals surface area contributed by atoms with Gasteiger partial charge < -0.3 is 15.0 Å². The summed E-state index contributed by atoms with van der Waals surface area (Å²) >= 11 is 0. The topological polar surface area (TPSA) is 37.2 Å². The lowest BCUT2D eigenvalue weighted by Gasteiger charge is -2.15. The zero-order chi connectivity index (χ0) is 10.4. The molecule has 3 heteroatoms. The van der Waals surface area contributed by atoms with Crippen LogP contribution in [0.3, 0.4) is 0 Å². The average Bonchev–Trinajstić information content (AvgIpc) is 2.63. The van der Waals surface area contributed by atoms with Gasteiger partial charge in [0.05, 0.1) is 0 Å². The Morgan fingerprint density at radius 1 is 1.57 bits per heavy atom. The molecule has 0 saturated heterocycles. The van der Waals surface area contributed by atoms with Gasteiger partial charge in [0.25, 0.3) is 0 Å². The van der Waals surface area contributed by atoms with E-state index >= 15 is 0 Å². The molecule has 0 bridgehead atoms. The molecule has 3 nitrogen and oxygen atoms in total. The fourth-order valence-electron chi connectivity index (χ4n) is 1.68. The Labute approximate surface area is 85.7 Å². The molecule has 0 amide bonds. The molecule has 1 atom stereocenters. The first-order valence-corrected chi connectivity index (χ1v) is 5.28. The molecule has 1 rings (SSSR count). The van der Waals surface area contributed by atoms with E-state index in [9.17, 15) is 0 Å². The number of aryl methyl sites for hydroxylation is 1. The smallest absolute Gasteiger partial charge is 0.0448 e. The maximum absolute atomic E-state index is 8.77. The Hall–Kier alpha value is -0.800. The van der Waals surface area contributed by atoms with E-state index in [1.165, 1.54) is 5.69 Å². The van der Waals surface area contributed by atoms with Crippen molar-refractivity contribution in [1.82, 2.24) is 9.88 Å². The minimum atomic E-state index is 0.257. The fourth-order valence-corrected chi connectivity index (χ4v) is 1.68. The SMILES string of the molecule is CCNC(C)c1cccn1CCCO. The molecule has 14 heavy (non-hydrogen) atoms. The third-order valence-corrected chi connectivity index (χ3v) is 2.38. The fraction of sp³-hybridized carbons (Fsp3) is 0.636. The third-order valence-electron chi connectivity index (χ3n) is 2.38. The van der Waals surface area contributed by atoms with Gasteiger partial charge in [-0.2, -0.15) is 0 Å². The van der Waals surface area contributed by atoms with Gasteiger partial charge >= 0.3 is 0 Å². The van der Waals surface area contributed by atoms with Crippen molar-refractivity contribution in [1.29, 1.82) is 0 Å². The summed E-state index contributed by atoms with van der Waals surface area (Å²) in [6.07, 6.45) is 2.89. The van der Waals surface area contributed by atoms with Gasteiger partial charge in [-0.25, -0.2) is 0 Å². The molecule has 80 valence electrons. The first kappa shape index (κ1) is 11.3. The Balaban J connectivity index is 2.61. The van der Waals surface area contributed by atoms with Crippen molar-refractivity contribution in [3.05, 3.63) is 24.0 Å². The van der Waals surface area contributed by atoms with Crippen molar-refractivity contribution >= 4 is 0 Å². The molecule has 1 aromatic rings. The number of nitrogens with one attached hydrogen (secondary N) is 1. The van der Waals surface area contributed by atoms with Gasteiger partial charge in [0.1, 0.15) is 0 Å². The lowest BCUT2D eigenvalue weighted by Crippen LogP contribution is -2.20. The molecule has 0 radical (unpaired) electrons. The van der Waals surface area contributed by atoms with Crippen molar-refractivity contribution in [2.75, 3.05) is 13.2 Å². The summed E-state index contributed by atoms with van der Waals surface area (Å²) in [6.45, 7) is 6.40. The van der Waals surface area contributed by atoms with E-state index in [1.54, 1.807) is 0 Å². The van der Waals surface area contributed by atoms with Gasteiger partial charge in [-0.05, 0) is 32.0 Å². The minimum absolute atomic E-state index is 0.257. The van der Waals surface area contributed by atoms with Crippen molar-refractivity contribution in [2.45, 2.75) is 32.9 Å². The second-order valence-electron chi connectivity index (χ2n) is 3.48. The number of hydrogen-bond acceptors (Lipinski definition) is 2. The standard InChI is InChI=1S/C11H20N2O/c1-3-12-10(2)11-6-4-7-13(11)8-5-9-14/h4,6-7,10,12,14H,3,5,8-9H2,1-2H3. The molecule has 0 aliphatic rings. The monoisotopic (exact) mass is 196 g/mol. The maximum Gasteiger partial charge on any atom is 0.0448 e. The molecular formula is C11H20N2O. The molecule has 0 aliphatic heterocycles. The molecule has 1 heterocycles. The summed E-state index contributed by atoms with van der Waals surface area (Å²) in [7, 11) is 0. The number of aliphatic hydroxyl groups excluding tert-OH is 1. The molecule has 0 aliphatic carbocycles. The van der Waals surface area contributed by atoms with E-state index < -0.39 is 0 Å². The van der Waals surface area contributed by atoms with E-state index in [0.29, 0.717) is 6.04 Å². The minimum Gasteiger partial charge on any atom is -0.396 e. The molecule has 0 saturated carbocycles. The molecular weight excluding hydrogens is 176 g/mol. The van der Waals surface area contributed by atoms with Crippen LogP contribution in [-0.2, 0) is 6.54 Å². The van der Waals surface area contributed by atoms with Crippen LogP contribution in [0.15, 0.2) is 18.3 Å². The second-order valence-corrected chi connectivity index (χ2v) is 3.48. The predicted octanol–water partition coefficient (Wildman–Crippen LogP) is 1.54. The van der Waals surface area contributed by atoms with Crippen LogP contribution in [0.25, 0.3) is 0 Å². The molecule has 1 unspecified atom stereocenters. The Bertz CT molecular complexity index is 258. The zero-order valence-electron chi connectivity index (χ0n) is 9.03. The van der Waals surface area contributed by atoms with Crippen molar-refractivity contribution in [2.24, 2.45) is 0 Å². The second kappa shape index (κ2) is 5.83. The van der Waals surface area contributed by atoms with Crippen molar-refractivity contribution < 1.29 is 5.11 Å². The van der Waals surface area contributed by atoms with Gasteiger partial charge in [0, 0.05) is 31.1 Å². The number of aliphatic hydroxyl groups is 1. The highest BCUT2D eigenvalue weighted by molar-refractivity contribution is 5.11. The number of rotatable bonds is 6. The van der Waals surface area contributed by atoms with Gasteiger partial charge in [-0.3, -0.25) is 0 Å². The summed E-state index contributed by atoms with van der Waals surface area (Å²) in [5.41, 5.74) is 1.29. The lowest BCUT2D eigenvalue weighted by molar-refractivity contribution is 0.278. The van der Waals surface area contributed by atoms with Crippen LogP contribution in [0.2, 0.25) is 0 Å². The van der Waals surface area contributed by atoms with Crippen molar-refractivity contribution in [3.8, 4) is 0 Å². The highest BCUT2D eigenvalue weighted by Crippen LogP contribution is 2.13. The molecule has 2 N–H and O–H groups in total. The van der Waals surface area contributed by atoms with Crippen LogP contribution >= 0.6 is 0 Å². The number of hydrogen-bond donors (Lipinski definition) is 2. The Kier molecular flexibility index (Phi) is 4.70. The van der Waals surface area contributed by atoms with E-state index in [4.69, 9.17) is 5.11 Å². The first-order valence-electron chi connectivity index (χ1n) is 5.28. The van der Waals surface area contributed by atoms with Crippen LogP contribution < -0.4 is 5.32 Å². The van der Waals surface area contributed by atoms with Gasteiger partial charge in [-0.15, -0.1) is 0 Å². The summed E-state index contributed by atoms with van der Waals surface area (Å²) in [5.74, 6) is 0. The first-order chi connectivity index (χ1) is 6.79.